The summed E-state index contributed by atoms with van der Waals surface area (Å²) in [6, 6.07) is 11.5. The molecule has 0 spiro atoms. The zero-order chi connectivity index (χ0) is 15.5. The Bertz CT molecular complexity index is 813. The molecule has 0 bridgehead atoms. The van der Waals surface area contributed by atoms with Crippen molar-refractivity contribution in [2.45, 2.75) is 6.92 Å². The Morgan fingerprint density at radius 3 is 2.91 bits per heavy atom. The van der Waals surface area contributed by atoms with Crippen molar-refractivity contribution in [3.8, 4) is 5.69 Å². The molecule has 7 nitrogen and oxygen atoms in total. The van der Waals surface area contributed by atoms with Crippen LogP contribution in [0.3, 0.4) is 0 Å². The van der Waals surface area contributed by atoms with Crippen LogP contribution < -0.4 is 15.6 Å². The number of hydrogen-bond acceptors (Lipinski definition) is 4. The fourth-order valence-electron chi connectivity index (χ4n) is 2.23. The summed E-state index contributed by atoms with van der Waals surface area (Å²) in [6.07, 6.45) is 1.24. The fraction of sp³-hybridized carbons (Fsp3) is 0.133. The highest BCUT2D eigenvalue weighted by atomic mass is 16.5. The molecular weight excluding hydrogens is 282 g/mol. The minimum absolute atomic E-state index is 0.289. The number of ether oxygens (including phenoxy) is 1. The molecule has 112 valence electrons. The fourth-order valence-corrected chi connectivity index (χ4v) is 2.23. The molecule has 0 fully saturated rings. The predicted molar refractivity (Wildman–Crippen MR) is 82.7 cm³/mol. The predicted octanol–water partition coefficient (Wildman–Crippen LogP) is 1.99. The Kier molecular flexibility index (Phi) is 3.61. The molecule has 1 amide bonds. The zero-order valence-electron chi connectivity index (χ0n) is 12.0. The number of carbonyl (C=O) groups is 1. The van der Waals surface area contributed by atoms with E-state index in [2.05, 4.69) is 15.3 Å². The number of rotatable bonds is 3. The topological polar surface area (TPSA) is 96.9 Å². The number of nitrogens with two attached hydrogens (primary N) is 1. The molecule has 4 N–H and O–H groups in total. The van der Waals surface area contributed by atoms with Crippen molar-refractivity contribution in [3.05, 3.63) is 42.7 Å². The molecule has 3 aromatic rings. The van der Waals surface area contributed by atoms with Gasteiger partial charge in [-0.2, -0.15) is 4.57 Å². The van der Waals surface area contributed by atoms with Gasteiger partial charge in [0.1, 0.15) is 11.5 Å². The van der Waals surface area contributed by atoms with Crippen LogP contribution in [0.1, 0.15) is 6.92 Å². The SMILES string of the molecule is CCOC(=O)Nc1cc2c([nH]c[n+]2-c2ccccc2)c(N)n1. The lowest BCUT2D eigenvalue weighted by atomic mass is 10.3. The van der Waals surface area contributed by atoms with E-state index in [1.165, 1.54) is 0 Å². The number of pyridine rings is 1. The molecule has 0 saturated heterocycles. The summed E-state index contributed by atoms with van der Waals surface area (Å²) in [7, 11) is 0. The quantitative estimate of drug-likeness (QED) is 0.644. The molecule has 0 aliphatic rings. The van der Waals surface area contributed by atoms with Crippen molar-refractivity contribution in [3.63, 3.8) is 0 Å². The van der Waals surface area contributed by atoms with E-state index < -0.39 is 6.09 Å². The molecule has 1 aromatic carbocycles. The van der Waals surface area contributed by atoms with Gasteiger partial charge in [-0.3, -0.25) is 5.32 Å². The van der Waals surface area contributed by atoms with Gasteiger partial charge in [-0.25, -0.2) is 14.8 Å². The highest BCUT2D eigenvalue weighted by Gasteiger charge is 2.17. The first-order valence-electron chi connectivity index (χ1n) is 6.87. The number of imidazole rings is 1. The number of fused-ring (bicyclic) bond motifs is 1. The van der Waals surface area contributed by atoms with E-state index in [-0.39, 0.29) is 6.61 Å². The van der Waals surface area contributed by atoms with Gasteiger partial charge in [-0.05, 0) is 19.1 Å². The average Bonchev–Trinajstić information content (AvgIpc) is 2.92. The Labute approximate surface area is 126 Å². The molecule has 0 saturated carbocycles. The van der Waals surface area contributed by atoms with Gasteiger partial charge in [0.25, 0.3) is 0 Å². The van der Waals surface area contributed by atoms with Crippen LogP contribution in [0.15, 0.2) is 42.7 Å². The maximum absolute atomic E-state index is 11.5. The van der Waals surface area contributed by atoms with E-state index in [0.717, 1.165) is 11.2 Å². The van der Waals surface area contributed by atoms with Crippen LogP contribution in [0.4, 0.5) is 16.4 Å². The lowest BCUT2D eigenvalue weighted by molar-refractivity contribution is -0.567. The third-order valence-electron chi connectivity index (χ3n) is 3.16. The Morgan fingerprint density at radius 2 is 2.18 bits per heavy atom. The first kappa shape index (κ1) is 13.9. The lowest BCUT2D eigenvalue weighted by Gasteiger charge is -2.05. The molecular formula is C15H16N5O2+. The number of carbonyl (C=O) groups excluding carboxylic acids is 1. The van der Waals surface area contributed by atoms with Crippen LogP contribution >= 0.6 is 0 Å². The smallest absolute Gasteiger partial charge is 0.412 e. The van der Waals surface area contributed by atoms with E-state index in [1.54, 1.807) is 19.3 Å². The number of aromatic amines is 1. The second-order valence-electron chi connectivity index (χ2n) is 4.61. The number of anilines is 2. The number of H-pyrrole nitrogens is 1. The second-order valence-corrected chi connectivity index (χ2v) is 4.61. The number of hydrogen-bond donors (Lipinski definition) is 3. The minimum Gasteiger partial charge on any atom is -0.450 e. The van der Waals surface area contributed by atoms with Gasteiger partial charge < -0.3 is 10.5 Å². The van der Waals surface area contributed by atoms with Crippen LogP contribution in [-0.2, 0) is 4.74 Å². The van der Waals surface area contributed by atoms with Gasteiger partial charge in [0.15, 0.2) is 11.3 Å². The Hall–Kier alpha value is -3.09. The van der Waals surface area contributed by atoms with Gasteiger partial charge in [0.05, 0.1) is 6.61 Å². The highest BCUT2D eigenvalue weighted by molar-refractivity contribution is 5.89. The molecule has 0 aliphatic heterocycles. The summed E-state index contributed by atoms with van der Waals surface area (Å²) < 4.78 is 6.78. The van der Waals surface area contributed by atoms with Gasteiger partial charge in [-0.1, -0.05) is 18.2 Å². The van der Waals surface area contributed by atoms with E-state index in [1.807, 2.05) is 34.9 Å². The van der Waals surface area contributed by atoms with E-state index in [4.69, 9.17) is 10.5 Å². The van der Waals surface area contributed by atoms with Crippen LogP contribution in [-0.4, -0.2) is 22.7 Å². The Morgan fingerprint density at radius 1 is 1.41 bits per heavy atom. The lowest BCUT2D eigenvalue weighted by Crippen LogP contribution is -2.28. The summed E-state index contributed by atoms with van der Waals surface area (Å²) in [6.45, 7) is 2.03. The maximum Gasteiger partial charge on any atom is 0.412 e. The molecule has 0 atom stereocenters. The van der Waals surface area contributed by atoms with Crippen LogP contribution in [0.25, 0.3) is 16.7 Å². The van der Waals surface area contributed by atoms with Gasteiger partial charge >= 0.3 is 6.09 Å². The van der Waals surface area contributed by atoms with Crippen molar-refractivity contribution in [1.29, 1.82) is 0 Å². The molecule has 22 heavy (non-hydrogen) atoms. The molecule has 0 radical (unpaired) electrons. The molecule has 2 heterocycles. The third-order valence-corrected chi connectivity index (χ3v) is 3.16. The largest absolute Gasteiger partial charge is 0.450 e. The minimum atomic E-state index is -0.560. The number of nitrogens with zero attached hydrogens (tertiary/aromatic N) is 2. The van der Waals surface area contributed by atoms with Crippen LogP contribution in [0.5, 0.6) is 0 Å². The number of amides is 1. The number of benzene rings is 1. The van der Waals surface area contributed by atoms with Crippen LogP contribution in [0, 0.1) is 0 Å². The number of para-hydroxylation sites is 1. The second kappa shape index (κ2) is 5.72. The first-order chi connectivity index (χ1) is 10.7. The van der Waals surface area contributed by atoms with Gasteiger partial charge in [0, 0.05) is 6.07 Å². The summed E-state index contributed by atoms with van der Waals surface area (Å²) in [5, 5.41) is 2.56. The van der Waals surface area contributed by atoms with Crippen molar-refractivity contribution < 1.29 is 14.1 Å². The standard InChI is InChI=1S/C15H15N5O2/c1-2-22-15(21)19-12-8-11-13(14(16)18-12)17-9-20(11)10-6-4-3-5-7-10/h3-9H,2H2,1H3,(H3,16,18,19,21)/p+1. The molecule has 0 aliphatic carbocycles. The molecule has 7 heteroatoms. The van der Waals surface area contributed by atoms with Crippen molar-refractivity contribution in [2.75, 3.05) is 17.7 Å². The van der Waals surface area contributed by atoms with Gasteiger partial charge in [0.2, 0.25) is 11.8 Å². The summed E-state index contributed by atoms with van der Waals surface area (Å²) in [5.74, 6) is 0.645. The van der Waals surface area contributed by atoms with Crippen molar-refractivity contribution in [1.82, 2.24) is 9.97 Å². The summed E-state index contributed by atoms with van der Waals surface area (Å²) in [5.41, 5.74) is 8.44. The first-order valence-corrected chi connectivity index (χ1v) is 6.87. The van der Waals surface area contributed by atoms with E-state index in [9.17, 15) is 4.79 Å². The molecule has 2 aromatic heterocycles. The van der Waals surface area contributed by atoms with E-state index in [0.29, 0.717) is 17.2 Å². The zero-order valence-corrected chi connectivity index (χ0v) is 12.0. The number of nitrogens with one attached hydrogen (secondary N) is 2. The van der Waals surface area contributed by atoms with E-state index >= 15 is 0 Å². The summed E-state index contributed by atoms with van der Waals surface area (Å²) in [4.78, 5) is 18.8. The average molecular weight is 298 g/mol. The normalized spacial score (nSPS) is 10.6. The summed E-state index contributed by atoms with van der Waals surface area (Å²) >= 11 is 0. The van der Waals surface area contributed by atoms with Crippen LogP contribution in [0.2, 0.25) is 0 Å². The van der Waals surface area contributed by atoms with Gasteiger partial charge in [-0.15, -0.1) is 0 Å². The maximum atomic E-state index is 11.5. The van der Waals surface area contributed by atoms with Crippen molar-refractivity contribution >= 4 is 28.8 Å². The monoisotopic (exact) mass is 298 g/mol. The highest BCUT2D eigenvalue weighted by Crippen LogP contribution is 2.19. The number of aromatic nitrogens is 3. The van der Waals surface area contributed by atoms with Crippen molar-refractivity contribution in [2.24, 2.45) is 0 Å². The molecule has 3 rings (SSSR count). The third kappa shape index (κ3) is 2.56. The Balaban J connectivity index is 2.06. The molecule has 0 unspecified atom stereocenters. The number of nitrogen functional groups attached to an aromatic ring is 1.